The molecule has 0 N–H and O–H groups in total. The van der Waals surface area contributed by atoms with E-state index < -0.39 is 0 Å². The average molecular weight is 901 g/mol. The number of hydrogen-bond acceptors (Lipinski definition) is 6. The van der Waals surface area contributed by atoms with Crippen LogP contribution in [0.5, 0.6) is 0 Å². The minimum Gasteiger partial charge on any atom is -0.310 e. The lowest BCUT2D eigenvalue weighted by atomic mass is 9.95. The molecule has 0 aliphatic carbocycles. The molecule has 4 heterocycles. The lowest BCUT2D eigenvalue weighted by molar-refractivity contribution is 1.26. The van der Waals surface area contributed by atoms with Crippen molar-refractivity contribution in [3.8, 4) is 52.9 Å². The summed E-state index contributed by atoms with van der Waals surface area (Å²) < 4.78 is 0. The Labute approximate surface area is 393 Å². The molecule has 6 aromatic carbocycles. The number of hydrogen-bond donors (Lipinski definition) is 0. The Morgan fingerprint density at radius 3 is 0.688 bits per heavy atom. The van der Waals surface area contributed by atoms with E-state index in [1.807, 2.05) is 45.3 Å². The standard InChI is InChI=1S/C58H48N2S4/c1-37-35-51(59(47-19-11-43(12-20-47)55-31-7-39(3)61-55)48-21-13-44(14-22-48)56-32-8-40(4)62-56)27-29-53(37)54-30-28-52(36-38(54)2)60(49-23-15-45(16-24-49)57-33-9-41(5)63-57)50-25-17-46(18-26-50)58-34-10-42(6)64-58/h7-36H,1-6H3. The van der Waals surface area contributed by atoms with E-state index in [1.165, 1.54) is 83.5 Å². The van der Waals surface area contributed by atoms with Crippen LogP contribution in [0, 0.1) is 41.5 Å². The highest BCUT2D eigenvalue weighted by atomic mass is 32.1. The van der Waals surface area contributed by atoms with Gasteiger partial charge in [0.25, 0.3) is 0 Å². The summed E-state index contributed by atoms with van der Waals surface area (Å²) in [5, 5.41) is 0. The van der Waals surface area contributed by atoms with Crippen LogP contribution in [0.1, 0.15) is 30.6 Å². The maximum absolute atomic E-state index is 2.38. The van der Waals surface area contributed by atoms with Crippen LogP contribution in [-0.2, 0) is 0 Å². The Balaban J connectivity index is 0.994. The van der Waals surface area contributed by atoms with E-state index in [0.717, 1.165) is 34.1 Å². The summed E-state index contributed by atoms with van der Waals surface area (Å²) in [6, 6.07) is 67.6. The Hall–Kier alpha value is -6.28. The highest BCUT2D eigenvalue weighted by Crippen LogP contribution is 2.43. The largest absolute Gasteiger partial charge is 0.310 e. The van der Waals surface area contributed by atoms with Crippen molar-refractivity contribution in [1.82, 2.24) is 0 Å². The highest BCUT2D eigenvalue weighted by molar-refractivity contribution is 7.16. The van der Waals surface area contributed by atoms with Gasteiger partial charge in [-0.2, -0.15) is 0 Å². The zero-order chi connectivity index (χ0) is 43.9. The molecule has 0 amide bonds. The molecule has 64 heavy (non-hydrogen) atoms. The van der Waals surface area contributed by atoms with Crippen LogP contribution < -0.4 is 9.80 Å². The van der Waals surface area contributed by atoms with Gasteiger partial charge in [0, 0.05) is 73.1 Å². The highest BCUT2D eigenvalue weighted by Gasteiger charge is 2.19. The second-order valence-corrected chi connectivity index (χ2v) is 21.6. The maximum Gasteiger partial charge on any atom is 0.0464 e. The predicted molar refractivity (Wildman–Crippen MR) is 283 cm³/mol. The minimum absolute atomic E-state index is 1.13. The topological polar surface area (TPSA) is 6.48 Å². The van der Waals surface area contributed by atoms with Crippen LogP contribution in [-0.4, -0.2) is 0 Å². The van der Waals surface area contributed by atoms with E-state index in [2.05, 4.69) is 233 Å². The van der Waals surface area contributed by atoms with Crippen molar-refractivity contribution in [2.24, 2.45) is 0 Å². The van der Waals surface area contributed by atoms with Gasteiger partial charge in [-0.25, -0.2) is 0 Å². The number of anilines is 6. The summed E-state index contributed by atoms with van der Waals surface area (Å²) >= 11 is 7.35. The molecule has 0 aliphatic heterocycles. The normalized spacial score (nSPS) is 11.3. The molecule has 0 fully saturated rings. The zero-order valence-corrected chi connectivity index (χ0v) is 40.1. The Morgan fingerprint density at radius 1 is 0.250 bits per heavy atom. The number of benzene rings is 6. The van der Waals surface area contributed by atoms with Gasteiger partial charge in [-0.15, -0.1) is 45.3 Å². The van der Waals surface area contributed by atoms with Gasteiger partial charge in [0.2, 0.25) is 0 Å². The van der Waals surface area contributed by atoms with Crippen molar-refractivity contribution >= 4 is 79.5 Å². The number of rotatable bonds is 11. The molecule has 0 radical (unpaired) electrons. The molecule has 0 bridgehead atoms. The van der Waals surface area contributed by atoms with Gasteiger partial charge in [0.1, 0.15) is 0 Å². The molecule has 0 saturated carbocycles. The molecule has 0 spiro atoms. The third-order valence-corrected chi connectivity index (χ3v) is 16.0. The molecular formula is C58H48N2S4. The molecule has 10 aromatic rings. The fourth-order valence-corrected chi connectivity index (χ4v) is 12.0. The summed E-state index contributed by atoms with van der Waals surface area (Å²) in [5.74, 6) is 0. The smallest absolute Gasteiger partial charge is 0.0464 e. The molecule has 0 atom stereocenters. The Bertz CT molecular complexity index is 2830. The molecule has 2 nitrogen and oxygen atoms in total. The van der Waals surface area contributed by atoms with Gasteiger partial charge in [-0.05, 0) is 207 Å². The van der Waals surface area contributed by atoms with Crippen LogP contribution in [0.25, 0.3) is 52.9 Å². The van der Waals surface area contributed by atoms with Crippen molar-refractivity contribution in [3.63, 3.8) is 0 Å². The second kappa shape index (κ2) is 17.7. The average Bonchev–Trinajstić information content (AvgIpc) is 4.15. The lowest BCUT2D eigenvalue weighted by Crippen LogP contribution is -2.11. The van der Waals surface area contributed by atoms with Gasteiger partial charge in [0.05, 0.1) is 0 Å². The number of thiophene rings is 4. The van der Waals surface area contributed by atoms with Gasteiger partial charge in [-0.3, -0.25) is 0 Å². The first-order valence-corrected chi connectivity index (χ1v) is 24.9. The zero-order valence-electron chi connectivity index (χ0n) is 36.8. The summed E-state index contributed by atoms with van der Waals surface area (Å²) in [7, 11) is 0. The first-order valence-electron chi connectivity index (χ1n) is 21.6. The van der Waals surface area contributed by atoms with Crippen molar-refractivity contribution < 1.29 is 0 Å². The molecule has 0 saturated heterocycles. The van der Waals surface area contributed by atoms with Crippen LogP contribution >= 0.6 is 45.3 Å². The first-order chi connectivity index (χ1) is 31.1. The van der Waals surface area contributed by atoms with E-state index in [1.54, 1.807) is 0 Å². The third-order valence-electron chi connectivity index (χ3n) is 11.8. The van der Waals surface area contributed by atoms with Crippen molar-refractivity contribution in [2.75, 3.05) is 9.80 Å². The van der Waals surface area contributed by atoms with Crippen LogP contribution in [0.2, 0.25) is 0 Å². The second-order valence-electron chi connectivity index (χ2n) is 16.5. The lowest BCUT2D eigenvalue weighted by Gasteiger charge is -2.28. The molecule has 6 heteroatoms. The van der Waals surface area contributed by atoms with Gasteiger partial charge >= 0.3 is 0 Å². The van der Waals surface area contributed by atoms with Gasteiger partial charge < -0.3 is 9.80 Å². The summed E-state index contributed by atoms with van der Waals surface area (Å²) in [6.45, 7) is 13.2. The summed E-state index contributed by atoms with van der Waals surface area (Å²) in [4.78, 5) is 15.2. The molecular weight excluding hydrogens is 853 g/mol. The quantitative estimate of drug-likeness (QED) is 0.128. The van der Waals surface area contributed by atoms with Crippen LogP contribution in [0.15, 0.2) is 182 Å². The predicted octanol–water partition coefficient (Wildman–Crippen LogP) is 19.1. The van der Waals surface area contributed by atoms with Crippen molar-refractivity contribution in [1.29, 1.82) is 0 Å². The minimum atomic E-state index is 1.13. The first kappa shape index (κ1) is 41.7. The monoisotopic (exact) mass is 900 g/mol. The van der Waals surface area contributed by atoms with E-state index in [-0.39, 0.29) is 0 Å². The fourth-order valence-electron chi connectivity index (χ4n) is 8.53. The molecule has 4 aromatic heterocycles. The molecule has 0 unspecified atom stereocenters. The third kappa shape index (κ3) is 8.55. The summed E-state index contributed by atoms with van der Waals surface area (Å²) in [5.41, 5.74) is 16.6. The van der Waals surface area contributed by atoms with E-state index in [9.17, 15) is 0 Å². The number of nitrogens with zero attached hydrogens (tertiary/aromatic N) is 2. The van der Waals surface area contributed by atoms with Gasteiger partial charge in [0.15, 0.2) is 0 Å². The van der Waals surface area contributed by atoms with Crippen molar-refractivity contribution in [3.05, 3.63) is 213 Å². The summed E-state index contributed by atoms with van der Waals surface area (Å²) in [6.07, 6.45) is 0. The SMILES string of the molecule is Cc1ccc(-c2ccc(N(c3ccc(-c4ccc(C)s4)cc3)c3ccc(-c4ccc(N(c5ccc(-c6ccc(C)s6)cc5)c5ccc(-c6ccc(C)s6)cc5)cc4C)c(C)c3)cc2)s1. The maximum atomic E-state index is 2.38. The Morgan fingerprint density at radius 2 is 0.484 bits per heavy atom. The fraction of sp³-hybridized carbons (Fsp3) is 0.103. The van der Waals surface area contributed by atoms with Gasteiger partial charge in [-0.1, -0.05) is 60.7 Å². The van der Waals surface area contributed by atoms with E-state index in [0.29, 0.717) is 0 Å². The number of aryl methyl sites for hydroxylation is 6. The van der Waals surface area contributed by atoms with Crippen LogP contribution in [0.4, 0.5) is 34.1 Å². The Kier molecular flexibility index (Phi) is 11.5. The van der Waals surface area contributed by atoms with E-state index in [4.69, 9.17) is 0 Å². The van der Waals surface area contributed by atoms with E-state index >= 15 is 0 Å². The molecule has 314 valence electrons. The molecule has 0 aliphatic rings. The van der Waals surface area contributed by atoms with Crippen molar-refractivity contribution in [2.45, 2.75) is 41.5 Å². The molecule has 10 rings (SSSR count). The van der Waals surface area contributed by atoms with Crippen LogP contribution in [0.3, 0.4) is 0 Å².